The van der Waals surface area contributed by atoms with E-state index in [0.29, 0.717) is 6.04 Å². The molecule has 0 atom stereocenters. The number of nitrogens with zero attached hydrogens (tertiary/aromatic N) is 6. The highest BCUT2D eigenvalue weighted by atomic mass is 15.3. The molecule has 0 amide bonds. The highest BCUT2D eigenvalue weighted by Gasteiger charge is 2.19. The van der Waals surface area contributed by atoms with Crippen molar-refractivity contribution in [3.8, 4) is 16.9 Å². The number of H-pyrrole nitrogens is 1. The fourth-order valence-electron chi connectivity index (χ4n) is 3.88. The van der Waals surface area contributed by atoms with Crippen LogP contribution in [0.4, 0.5) is 5.82 Å². The third kappa shape index (κ3) is 2.91. The van der Waals surface area contributed by atoms with Crippen molar-refractivity contribution in [2.45, 2.75) is 18.9 Å². The lowest BCUT2D eigenvalue weighted by Gasteiger charge is -2.32. The fraction of sp³-hybridized carbons (Fsp3) is 0.300. The minimum atomic E-state index is 0.508. The van der Waals surface area contributed by atoms with Crippen LogP contribution in [0.5, 0.6) is 0 Å². The molecule has 8 heteroatoms. The maximum atomic E-state index is 4.51. The molecular weight excluding hydrogens is 352 g/mol. The molecule has 5 rings (SSSR count). The van der Waals surface area contributed by atoms with Crippen molar-refractivity contribution >= 4 is 16.7 Å². The highest BCUT2D eigenvalue weighted by molar-refractivity contribution is 5.97. The Morgan fingerprint density at radius 2 is 2.00 bits per heavy atom. The average molecular weight is 374 g/mol. The van der Waals surface area contributed by atoms with Gasteiger partial charge in [-0.2, -0.15) is 10.2 Å². The molecule has 0 saturated carbocycles. The van der Waals surface area contributed by atoms with Crippen LogP contribution in [0.25, 0.3) is 27.8 Å². The van der Waals surface area contributed by atoms with Gasteiger partial charge in [0.15, 0.2) is 5.82 Å². The first-order chi connectivity index (χ1) is 13.8. The van der Waals surface area contributed by atoms with Gasteiger partial charge in [-0.05, 0) is 56.3 Å². The average Bonchev–Trinajstić information content (AvgIpc) is 3.46. The zero-order valence-corrected chi connectivity index (χ0v) is 15.7. The second-order valence-electron chi connectivity index (χ2n) is 7.11. The molecule has 0 unspecified atom stereocenters. The summed E-state index contributed by atoms with van der Waals surface area (Å²) in [5.74, 6) is 0.907. The number of piperidine rings is 1. The normalized spacial score (nSPS) is 15.2. The van der Waals surface area contributed by atoms with Gasteiger partial charge in [-0.3, -0.25) is 5.10 Å². The highest BCUT2D eigenvalue weighted by Crippen LogP contribution is 2.30. The molecule has 0 spiro atoms. The standard InChI is InChI=1S/C20H22N8/c1-27(14-7-10-21-11-8-14)19-6-4-17(24-25-19)15-3-5-18(28-12-2-9-23-28)16-13-22-26-20(15)16/h2-6,9,12-14,21H,7-8,10-11H2,1H3,(H,22,26). The third-order valence-corrected chi connectivity index (χ3v) is 5.49. The third-order valence-electron chi connectivity index (χ3n) is 5.49. The topological polar surface area (TPSA) is 87.6 Å². The smallest absolute Gasteiger partial charge is 0.151 e. The van der Waals surface area contributed by atoms with Crippen molar-refractivity contribution in [2.24, 2.45) is 0 Å². The Labute approximate surface area is 162 Å². The van der Waals surface area contributed by atoms with Gasteiger partial charge in [-0.15, -0.1) is 10.2 Å². The summed E-state index contributed by atoms with van der Waals surface area (Å²) in [5.41, 5.74) is 3.71. The molecule has 1 saturated heterocycles. The first kappa shape index (κ1) is 16.9. The van der Waals surface area contributed by atoms with Crippen LogP contribution < -0.4 is 10.2 Å². The van der Waals surface area contributed by atoms with E-state index in [-0.39, 0.29) is 0 Å². The summed E-state index contributed by atoms with van der Waals surface area (Å²) in [6.45, 7) is 2.11. The van der Waals surface area contributed by atoms with E-state index in [2.05, 4.69) is 42.8 Å². The monoisotopic (exact) mass is 374 g/mol. The van der Waals surface area contributed by atoms with Crippen LogP contribution in [-0.2, 0) is 0 Å². The van der Waals surface area contributed by atoms with Crippen LogP contribution in [0, 0.1) is 0 Å². The lowest BCUT2D eigenvalue weighted by Crippen LogP contribution is -2.41. The van der Waals surface area contributed by atoms with Crippen molar-refractivity contribution in [3.05, 3.63) is 48.9 Å². The van der Waals surface area contributed by atoms with Crippen molar-refractivity contribution in [3.63, 3.8) is 0 Å². The van der Waals surface area contributed by atoms with E-state index in [1.54, 1.807) is 6.20 Å². The van der Waals surface area contributed by atoms with E-state index in [1.807, 2.05) is 47.4 Å². The molecule has 3 aromatic heterocycles. The van der Waals surface area contributed by atoms with E-state index in [4.69, 9.17) is 0 Å². The molecule has 1 fully saturated rings. The first-order valence-electron chi connectivity index (χ1n) is 9.55. The maximum Gasteiger partial charge on any atom is 0.151 e. The van der Waals surface area contributed by atoms with Gasteiger partial charge in [0, 0.05) is 36.4 Å². The largest absolute Gasteiger partial charge is 0.355 e. The van der Waals surface area contributed by atoms with Crippen molar-refractivity contribution in [1.29, 1.82) is 0 Å². The summed E-state index contributed by atoms with van der Waals surface area (Å²) in [6, 6.07) is 10.6. The van der Waals surface area contributed by atoms with E-state index < -0.39 is 0 Å². The lowest BCUT2D eigenvalue weighted by molar-refractivity contribution is 0.441. The van der Waals surface area contributed by atoms with Crippen LogP contribution in [0.3, 0.4) is 0 Å². The van der Waals surface area contributed by atoms with E-state index in [0.717, 1.165) is 59.6 Å². The molecule has 1 aromatic carbocycles. The SMILES string of the molecule is CN(c1ccc(-c2ccc(-n3cccn3)c3cn[nH]c23)nn1)C1CCNCC1. The summed E-state index contributed by atoms with van der Waals surface area (Å²) in [5, 5.41) is 25.1. The zero-order chi connectivity index (χ0) is 18.9. The van der Waals surface area contributed by atoms with Crippen LogP contribution >= 0.6 is 0 Å². The number of aromatic amines is 1. The Kier molecular flexibility index (Phi) is 4.25. The maximum absolute atomic E-state index is 4.51. The van der Waals surface area contributed by atoms with E-state index >= 15 is 0 Å². The Morgan fingerprint density at radius 3 is 2.75 bits per heavy atom. The van der Waals surface area contributed by atoms with Crippen LogP contribution in [-0.4, -0.2) is 56.4 Å². The second-order valence-corrected chi connectivity index (χ2v) is 7.11. The molecule has 8 nitrogen and oxygen atoms in total. The predicted octanol–water partition coefficient (Wildman–Crippen LogP) is 2.39. The minimum Gasteiger partial charge on any atom is -0.355 e. The number of benzene rings is 1. The van der Waals surface area contributed by atoms with Crippen LogP contribution in [0.15, 0.2) is 48.9 Å². The van der Waals surface area contributed by atoms with Gasteiger partial charge in [0.2, 0.25) is 0 Å². The van der Waals surface area contributed by atoms with E-state index in [1.165, 1.54) is 0 Å². The number of hydrogen-bond acceptors (Lipinski definition) is 6. The van der Waals surface area contributed by atoms with Crippen molar-refractivity contribution < 1.29 is 0 Å². The Morgan fingerprint density at radius 1 is 1.11 bits per heavy atom. The van der Waals surface area contributed by atoms with Gasteiger partial charge in [-0.1, -0.05) is 0 Å². The van der Waals surface area contributed by atoms with Gasteiger partial charge >= 0.3 is 0 Å². The summed E-state index contributed by atoms with van der Waals surface area (Å²) in [4.78, 5) is 2.24. The van der Waals surface area contributed by atoms with Gasteiger partial charge in [0.25, 0.3) is 0 Å². The summed E-state index contributed by atoms with van der Waals surface area (Å²) < 4.78 is 1.84. The van der Waals surface area contributed by atoms with Crippen LogP contribution in [0.2, 0.25) is 0 Å². The number of anilines is 1. The van der Waals surface area contributed by atoms with Crippen molar-refractivity contribution in [1.82, 2.24) is 35.5 Å². The molecule has 142 valence electrons. The number of aromatic nitrogens is 6. The molecule has 0 aliphatic carbocycles. The van der Waals surface area contributed by atoms with Crippen LogP contribution in [0.1, 0.15) is 12.8 Å². The zero-order valence-electron chi connectivity index (χ0n) is 15.7. The van der Waals surface area contributed by atoms with Gasteiger partial charge in [0.05, 0.1) is 23.1 Å². The molecule has 1 aliphatic rings. The summed E-state index contributed by atoms with van der Waals surface area (Å²) in [7, 11) is 2.10. The Balaban J connectivity index is 1.47. The van der Waals surface area contributed by atoms with Gasteiger partial charge in [-0.25, -0.2) is 4.68 Å². The van der Waals surface area contributed by atoms with Gasteiger partial charge in [0.1, 0.15) is 0 Å². The Bertz CT molecular complexity index is 1060. The quantitative estimate of drug-likeness (QED) is 0.570. The molecule has 4 aromatic rings. The summed E-state index contributed by atoms with van der Waals surface area (Å²) >= 11 is 0. The number of fused-ring (bicyclic) bond motifs is 1. The first-order valence-corrected chi connectivity index (χ1v) is 9.55. The lowest BCUT2D eigenvalue weighted by atomic mass is 10.1. The predicted molar refractivity (Wildman–Crippen MR) is 109 cm³/mol. The minimum absolute atomic E-state index is 0.508. The molecular formula is C20H22N8. The molecule has 0 radical (unpaired) electrons. The molecule has 1 aliphatic heterocycles. The number of nitrogens with one attached hydrogen (secondary N) is 2. The van der Waals surface area contributed by atoms with Gasteiger partial charge < -0.3 is 10.2 Å². The fourth-order valence-corrected chi connectivity index (χ4v) is 3.88. The summed E-state index contributed by atoms with van der Waals surface area (Å²) in [6.07, 6.45) is 7.77. The second kappa shape index (κ2) is 7.05. The van der Waals surface area contributed by atoms with E-state index in [9.17, 15) is 0 Å². The number of rotatable bonds is 4. The Hall–Kier alpha value is -3.26. The number of hydrogen-bond donors (Lipinski definition) is 2. The molecule has 4 heterocycles. The molecule has 0 bridgehead atoms. The molecule has 28 heavy (non-hydrogen) atoms. The molecule has 2 N–H and O–H groups in total. The van der Waals surface area contributed by atoms with Crippen molar-refractivity contribution in [2.75, 3.05) is 25.0 Å².